The number of nitrogens with one attached hydrogen (secondary N) is 2. The maximum atomic E-state index is 12.9. The van der Waals surface area contributed by atoms with Crippen LogP contribution in [0.15, 0.2) is 48.5 Å². The first-order valence-corrected chi connectivity index (χ1v) is 9.67. The van der Waals surface area contributed by atoms with Crippen molar-refractivity contribution in [3.05, 3.63) is 65.5 Å². The summed E-state index contributed by atoms with van der Waals surface area (Å²) in [6, 6.07) is 13.2. The highest BCUT2D eigenvalue weighted by Crippen LogP contribution is 2.21. The summed E-state index contributed by atoms with van der Waals surface area (Å²) in [5, 5.41) is 5.82. The average molecular weight is 383 g/mol. The molecule has 1 aliphatic rings. The summed E-state index contributed by atoms with van der Waals surface area (Å²) in [6.45, 7) is 4.03. The highest BCUT2D eigenvalue weighted by atomic mass is 19.1. The number of piperidine rings is 1. The number of carbonyl (C=O) groups excluding carboxylic acids is 2. The van der Waals surface area contributed by atoms with Crippen molar-refractivity contribution in [2.75, 3.05) is 25.0 Å². The van der Waals surface area contributed by atoms with E-state index in [1.54, 1.807) is 0 Å². The van der Waals surface area contributed by atoms with Crippen molar-refractivity contribution in [2.45, 2.75) is 26.2 Å². The Hall–Kier alpha value is -2.89. The predicted octanol–water partition coefficient (Wildman–Crippen LogP) is 4.20. The van der Waals surface area contributed by atoms with Gasteiger partial charge in [-0.2, -0.15) is 0 Å². The number of aryl methyl sites for hydroxylation is 1. The fourth-order valence-corrected chi connectivity index (χ4v) is 3.36. The zero-order valence-electron chi connectivity index (χ0n) is 16.1. The number of likely N-dealkylation sites (tertiary alicyclic amines) is 1. The minimum atomic E-state index is -0.352. The van der Waals surface area contributed by atoms with Crippen molar-refractivity contribution in [1.29, 1.82) is 0 Å². The molecule has 5 nitrogen and oxygen atoms in total. The molecule has 0 aromatic heterocycles. The number of hydrogen-bond acceptors (Lipinski definition) is 2. The number of carbonyl (C=O) groups is 2. The first-order chi connectivity index (χ1) is 13.5. The molecule has 0 radical (unpaired) electrons. The second kappa shape index (κ2) is 9.35. The summed E-state index contributed by atoms with van der Waals surface area (Å²) in [6.07, 6.45) is 2.72. The molecule has 0 saturated carbocycles. The molecule has 28 heavy (non-hydrogen) atoms. The van der Waals surface area contributed by atoms with E-state index in [1.807, 2.05) is 36.1 Å². The van der Waals surface area contributed by atoms with Gasteiger partial charge < -0.3 is 15.5 Å². The quantitative estimate of drug-likeness (QED) is 0.813. The van der Waals surface area contributed by atoms with Gasteiger partial charge in [-0.05, 0) is 68.5 Å². The van der Waals surface area contributed by atoms with E-state index in [1.165, 1.54) is 24.3 Å². The Morgan fingerprint density at radius 1 is 1.04 bits per heavy atom. The van der Waals surface area contributed by atoms with E-state index in [4.69, 9.17) is 0 Å². The molecule has 1 heterocycles. The van der Waals surface area contributed by atoms with Crippen LogP contribution in [0, 0.1) is 18.7 Å². The first-order valence-electron chi connectivity index (χ1n) is 9.67. The lowest BCUT2D eigenvalue weighted by Crippen LogP contribution is -2.41. The van der Waals surface area contributed by atoms with Crippen LogP contribution in [0.1, 0.15) is 35.2 Å². The molecule has 148 valence electrons. The normalized spacial score (nSPS) is 14.6. The molecule has 1 fully saturated rings. The third kappa shape index (κ3) is 5.55. The predicted molar refractivity (Wildman–Crippen MR) is 108 cm³/mol. The van der Waals surface area contributed by atoms with Gasteiger partial charge >= 0.3 is 6.03 Å². The topological polar surface area (TPSA) is 61.4 Å². The lowest BCUT2D eigenvalue weighted by Gasteiger charge is -2.32. The molecular formula is C22H26FN3O2. The van der Waals surface area contributed by atoms with Gasteiger partial charge in [0.15, 0.2) is 0 Å². The summed E-state index contributed by atoms with van der Waals surface area (Å²) in [5.74, 6) is -0.0541. The molecule has 6 heteroatoms. The largest absolute Gasteiger partial charge is 0.352 e. The molecular weight excluding hydrogens is 357 g/mol. The highest BCUT2D eigenvalue weighted by molar-refractivity contribution is 5.94. The first kappa shape index (κ1) is 19.9. The van der Waals surface area contributed by atoms with Gasteiger partial charge in [0.25, 0.3) is 5.91 Å². The molecule has 0 unspecified atom stereocenters. The van der Waals surface area contributed by atoms with Crippen LogP contribution >= 0.6 is 0 Å². The van der Waals surface area contributed by atoms with Crippen molar-refractivity contribution in [1.82, 2.24) is 10.2 Å². The number of rotatable bonds is 5. The molecule has 2 aromatic rings. The van der Waals surface area contributed by atoms with Crippen LogP contribution in [0.5, 0.6) is 0 Å². The van der Waals surface area contributed by atoms with Crippen molar-refractivity contribution >= 4 is 17.6 Å². The zero-order chi connectivity index (χ0) is 19.9. The number of anilines is 1. The molecule has 2 aromatic carbocycles. The molecule has 0 spiro atoms. The average Bonchev–Trinajstić information content (AvgIpc) is 2.70. The Labute approximate surface area is 164 Å². The molecule has 3 amide bonds. The van der Waals surface area contributed by atoms with Gasteiger partial charge in [-0.3, -0.25) is 4.79 Å². The Kier molecular flexibility index (Phi) is 6.63. The van der Waals surface area contributed by atoms with E-state index in [9.17, 15) is 14.0 Å². The van der Waals surface area contributed by atoms with Crippen molar-refractivity contribution in [3.63, 3.8) is 0 Å². The number of benzene rings is 2. The molecule has 0 atom stereocenters. The fourth-order valence-electron chi connectivity index (χ4n) is 3.36. The Morgan fingerprint density at radius 2 is 1.68 bits per heavy atom. The van der Waals surface area contributed by atoms with E-state index in [0.29, 0.717) is 31.1 Å². The lowest BCUT2D eigenvalue weighted by molar-refractivity contribution is 0.0949. The SMILES string of the molecule is Cc1ccc(NC(=O)N2CCC(CCNC(=O)c3ccc(F)cc3)CC2)cc1. The number of amides is 3. The van der Waals surface area contributed by atoms with E-state index < -0.39 is 0 Å². The van der Waals surface area contributed by atoms with Gasteiger partial charge in [-0.25, -0.2) is 9.18 Å². The van der Waals surface area contributed by atoms with E-state index in [-0.39, 0.29) is 17.8 Å². The summed E-state index contributed by atoms with van der Waals surface area (Å²) in [5.41, 5.74) is 2.43. The van der Waals surface area contributed by atoms with Crippen LogP contribution in [0.25, 0.3) is 0 Å². The Bertz CT molecular complexity index is 798. The van der Waals surface area contributed by atoms with E-state index in [0.717, 1.165) is 30.5 Å². The molecule has 3 rings (SSSR count). The highest BCUT2D eigenvalue weighted by Gasteiger charge is 2.22. The molecule has 0 bridgehead atoms. The monoisotopic (exact) mass is 383 g/mol. The Balaban J connectivity index is 1.36. The van der Waals surface area contributed by atoms with Gasteiger partial charge in [0.1, 0.15) is 5.82 Å². The summed E-state index contributed by atoms with van der Waals surface area (Å²) in [7, 11) is 0. The van der Waals surface area contributed by atoms with Gasteiger partial charge in [0, 0.05) is 30.9 Å². The third-order valence-electron chi connectivity index (χ3n) is 5.15. The maximum Gasteiger partial charge on any atom is 0.321 e. The van der Waals surface area contributed by atoms with Crippen LogP contribution in [0.4, 0.5) is 14.9 Å². The van der Waals surface area contributed by atoms with E-state index in [2.05, 4.69) is 10.6 Å². The van der Waals surface area contributed by atoms with Gasteiger partial charge in [0.2, 0.25) is 0 Å². The minimum absolute atomic E-state index is 0.0630. The van der Waals surface area contributed by atoms with Crippen molar-refractivity contribution in [2.24, 2.45) is 5.92 Å². The summed E-state index contributed by atoms with van der Waals surface area (Å²) in [4.78, 5) is 26.3. The van der Waals surface area contributed by atoms with Crippen LogP contribution in [-0.4, -0.2) is 36.5 Å². The summed E-state index contributed by atoms with van der Waals surface area (Å²) >= 11 is 0. The third-order valence-corrected chi connectivity index (χ3v) is 5.15. The van der Waals surface area contributed by atoms with Crippen LogP contribution in [0.2, 0.25) is 0 Å². The van der Waals surface area contributed by atoms with Gasteiger partial charge in [-0.1, -0.05) is 17.7 Å². The van der Waals surface area contributed by atoms with Crippen LogP contribution in [-0.2, 0) is 0 Å². The van der Waals surface area contributed by atoms with Crippen LogP contribution < -0.4 is 10.6 Å². The minimum Gasteiger partial charge on any atom is -0.352 e. The Morgan fingerprint density at radius 3 is 2.32 bits per heavy atom. The number of hydrogen-bond donors (Lipinski definition) is 2. The second-order valence-electron chi connectivity index (χ2n) is 7.28. The number of urea groups is 1. The van der Waals surface area contributed by atoms with Crippen molar-refractivity contribution in [3.8, 4) is 0 Å². The molecule has 0 aliphatic carbocycles. The number of halogens is 1. The van der Waals surface area contributed by atoms with Gasteiger partial charge in [0.05, 0.1) is 0 Å². The van der Waals surface area contributed by atoms with Gasteiger partial charge in [-0.15, -0.1) is 0 Å². The van der Waals surface area contributed by atoms with Crippen molar-refractivity contribution < 1.29 is 14.0 Å². The lowest BCUT2D eigenvalue weighted by atomic mass is 9.93. The van der Waals surface area contributed by atoms with Crippen LogP contribution in [0.3, 0.4) is 0 Å². The van der Waals surface area contributed by atoms with E-state index >= 15 is 0 Å². The second-order valence-corrected chi connectivity index (χ2v) is 7.28. The number of nitrogens with zero attached hydrogens (tertiary/aromatic N) is 1. The summed E-state index contributed by atoms with van der Waals surface area (Å²) < 4.78 is 12.9. The molecule has 2 N–H and O–H groups in total. The molecule has 1 saturated heterocycles. The molecule has 1 aliphatic heterocycles. The zero-order valence-corrected chi connectivity index (χ0v) is 16.1. The fraction of sp³-hybridized carbons (Fsp3) is 0.364. The maximum absolute atomic E-state index is 12.9. The smallest absolute Gasteiger partial charge is 0.321 e. The standard InChI is InChI=1S/C22H26FN3O2/c1-16-2-8-20(9-3-16)25-22(28)26-14-11-17(12-15-26)10-13-24-21(27)18-4-6-19(23)7-5-18/h2-9,17H,10-15H2,1H3,(H,24,27)(H,25,28).